The van der Waals surface area contributed by atoms with Gasteiger partial charge in [-0.3, -0.25) is 4.79 Å². The molecule has 6 heteroatoms. The Labute approximate surface area is 142 Å². The van der Waals surface area contributed by atoms with Crippen LogP contribution in [0, 0.1) is 0 Å². The Balaban J connectivity index is 1.70. The second-order valence-electron chi connectivity index (χ2n) is 5.82. The van der Waals surface area contributed by atoms with Crippen molar-refractivity contribution in [3.8, 4) is 11.5 Å². The van der Waals surface area contributed by atoms with Gasteiger partial charge in [0.2, 0.25) is 0 Å². The van der Waals surface area contributed by atoms with Gasteiger partial charge in [-0.1, -0.05) is 12.8 Å². The Morgan fingerprint density at radius 3 is 2.29 bits per heavy atom. The van der Waals surface area contributed by atoms with E-state index in [1.165, 1.54) is 0 Å². The molecular formula is C18H25NO5. The SMILES string of the molecule is CCOc1ccc(OCC(=O)O[C@H](C)C(=O)NC2CCCC2)cc1. The lowest BCUT2D eigenvalue weighted by molar-refractivity contribution is -0.156. The molecule has 1 atom stereocenters. The van der Waals surface area contributed by atoms with Crippen LogP contribution in [0.5, 0.6) is 11.5 Å². The molecule has 24 heavy (non-hydrogen) atoms. The highest BCUT2D eigenvalue weighted by molar-refractivity contribution is 5.83. The number of esters is 1. The Morgan fingerprint density at radius 1 is 1.12 bits per heavy atom. The summed E-state index contributed by atoms with van der Waals surface area (Å²) in [4.78, 5) is 23.8. The van der Waals surface area contributed by atoms with E-state index in [0.29, 0.717) is 12.4 Å². The van der Waals surface area contributed by atoms with Gasteiger partial charge in [-0.15, -0.1) is 0 Å². The van der Waals surface area contributed by atoms with Crippen LogP contribution in [0.15, 0.2) is 24.3 Å². The monoisotopic (exact) mass is 335 g/mol. The first-order chi connectivity index (χ1) is 11.6. The first-order valence-corrected chi connectivity index (χ1v) is 8.44. The van der Waals surface area contributed by atoms with E-state index in [4.69, 9.17) is 14.2 Å². The zero-order chi connectivity index (χ0) is 17.4. The number of hydrogen-bond acceptors (Lipinski definition) is 5. The summed E-state index contributed by atoms with van der Waals surface area (Å²) < 4.78 is 15.8. The summed E-state index contributed by atoms with van der Waals surface area (Å²) >= 11 is 0. The highest BCUT2D eigenvalue weighted by atomic mass is 16.6. The Morgan fingerprint density at radius 2 is 1.71 bits per heavy atom. The maximum absolute atomic E-state index is 12.0. The van der Waals surface area contributed by atoms with Gasteiger partial charge in [-0.25, -0.2) is 4.79 Å². The second-order valence-corrected chi connectivity index (χ2v) is 5.82. The van der Waals surface area contributed by atoms with Crippen LogP contribution < -0.4 is 14.8 Å². The van der Waals surface area contributed by atoms with Crippen molar-refractivity contribution >= 4 is 11.9 Å². The number of rotatable bonds is 8. The Bertz CT molecular complexity index is 537. The molecule has 0 aromatic heterocycles. The zero-order valence-electron chi connectivity index (χ0n) is 14.2. The number of carbonyl (C=O) groups excluding carboxylic acids is 2. The quantitative estimate of drug-likeness (QED) is 0.739. The molecule has 0 unspecified atom stereocenters. The molecule has 0 aliphatic heterocycles. The third-order valence-electron chi connectivity index (χ3n) is 3.87. The standard InChI is InChI=1S/C18H25NO5/c1-3-22-15-8-10-16(11-9-15)23-12-17(20)24-13(2)18(21)19-14-6-4-5-7-14/h8-11,13-14H,3-7,12H2,1-2H3,(H,19,21)/t13-/m1/s1. The minimum absolute atomic E-state index is 0.207. The maximum atomic E-state index is 12.0. The number of ether oxygens (including phenoxy) is 3. The van der Waals surface area contributed by atoms with Gasteiger partial charge in [0.15, 0.2) is 12.7 Å². The summed E-state index contributed by atoms with van der Waals surface area (Å²) in [5.41, 5.74) is 0. The molecule has 1 aliphatic rings. The van der Waals surface area contributed by atoms with Gasteiger partial charge in [0.1, 0.15) is 11.5 Å². The third-order valence-corrected chi connectivity index (χ3v) is 3.87. The van der Waals surface area contributed by atoms with Crippen LogP contribution >= 0.6 is 0 Å². The largest absolute Gasteiger partial charge is 0.494 e. The number of amides is 1. The van der Waals surface area contributed by atoms with Crippen LogP contribution in [-0.2, 0) is 14.3 Å². The minimum atomic E-state index is -0.818. The van der Waals surface area contributed by atoms with Crippen LogP contribution in [0.1, 0.15) is 39.5 Å². The molecule has 1 N–H and O–H groups in total. The van der Waals surface area contributed by atoms with Crippen LogP contribution in [0.2, 0.25) is 0 Å². The number of benzene rings is 1. The van der Waals surface area contributed by atoms with E-state index >= 15 is 0 Å². The highest BCUT2D eigenvalue weighted by Gasteiger charge is 2.23. The summed E-state index contributed by atoms with van der Waals surface area (Å²) in [6.45, 7) is 3.83. The molecule has 1 fully saturated rings. The highest BCUT2D eigenvalue weighted by Crippen LogP contribution is 2.18. The molecule has 1 saturated carbocycles. The van der Waals surface area contributed by atoms with Crippen molar-refractivity contribution in [3.63, 3.8) is 0 Å². The van der Waals surface area contributed by atoms with Gasteiger partial charge in [0.25, 0.3) is 5.91 Å². The average Bonchev–Trinajstić information content (AvgIpc) is 3.07. The molecule has 2 rings (SSSR count). The molecule has 1 aromatic carbocycles. The summed E-state index contributed by atoms with van der Waals surface area (Å²) in [7, 11) is 0. The molecule has 132 valence electrons. The summed E-state index contributed by atoms with van der Waals surface area (Å²) in [5, 5.41) is 2.91. The molecule has 1 amide bonds. The summed E-state index contributed by atoms with van der Waals surface area (Å²) in [5.74, 6) is 0.456. The van der Waals surface area contributed by atoms with Gasteiger partial charge in [-0.05, 0) is 51.0 Å². The average molecular weight is 335 g/mol. The molecular weight excluding hydrogens is 310 g/mol. The van der Waals surface area contributed by atoms with E-state index in [1.54, 1.807) is 31.2 Å². The van der Waals surface area contributed by atoms with E-state index < -0.39 is 12.1 Å². The van der Waals surface area contributed by atoms with Crippen molar-refractivity contribution in [3.05, 3.63) is 24.3 Å². The van der Waals surface area contributed by atoms with Crippen molar-refractivity contribution < 1.29 is 23.8 Å². The Kier molecular flexibility index (Phi) is 6.90. The minimum Gasteiger partial charge on any atom is -0.494 e. The molecule has 1 aromatic rings. The predicted octanol–water partition coefficient (Wildman–Crippen LogP) is 2.45. The molecule has 1 aliphatic carbocycles. The van der Waals surface area contributed by atoms with E-state index in [0.717, 1.165) is 31.4 Å². The van der Waals surface area contributed by atoms with Crippen LogP contribution in [-0.4, -0.2) is 37.2 Å². The van der Waals surface area contributed by atoms with E-state index in [-0.39, 0.29) is 18.6 Å². The number of nitrogens with one attached hydrogen (secondary N) is 1. The van der Waals surface area contributed by atoms with Gasteiger partial charge < -0.3 is 19.5 Å². The van der Waals surface area contributed by atoms with Crippen molar-refractivity contribution in [2.45, 2.75) is 51.7 Å². The van der Waals surface area contributed by atoms with Gasteiger partial charge >= 0.3 is 5.97 Å². The maximum Gasteiger partial charge on any atom is 0.344 e. The fourth-order valence-corrected chi connectivity index (χ4v) is 2.61. The number of carbonyl (C=O) groups is 2. The van der Waals surface area contributed by atoms with Crippen molar-refractivity contribution in [1.82, 2.24) is 5.32 Å². The molecule has 0 radical (unpaired) electrons. The normalized spacial score (nSPS) is 15.6. The molecule has 0 saturated heterocycles. The van der Waals surface area contributed by atoms with Crippen LogP contribution in [0.25, 0.3) is 0 Å². The lowest BCUT2D eigenvalue weighted by atomic mass is 10.2. The summed E-state index contributed by atoms with van der Waals surface area (Å²) in [6, 6.07) is 7.17. The lowest BCUT2D eigenvalue weighted by Gasteiger charge is -2.17. The van der Waals surface area contributed by atoms with Crippen molar-refractivity contribution in [1.29, 1.82) is 0 Å². The van der Waals surface area contributed by atoms with E-state index in [1.807, 2.05) is 6.92 Å². The van der Waals surface area contributed by atoms with Crippen LogP contribution in [0.3, 0.4) is 0 Å². The lowest BCUT2D eigenvalue weighted by Crippen LogP contribution is -2.41. The fraction of sp³-hybridized carbons (Fsp3) is 0.556. The first kappa shape index (κ1) is 18.1. The molecule has 6 nitrogen and oxygen atoms in total. The fourth-order valence-electron chi connectivity index (χ4n) is 2.61. The smallest absolute Gasteiger partial charge is 0.344 e. The van der Waals surface area contributed by atoms with Crippen molar-refractivity contribution in [2.24, 2.45) is 0 Å². The summed E-state index contributed by atoms with van der Waals surface area (Å²) in [6.07, 6.45) is 3.44. The van der Waals surface area contributed by atoms with E-state index in [9.17, 15) is 9.59 Å². The van der Waals surface area contributed by atoms with E-state index in [2.05, 4.69) is 5.32 Å². The molecule has 0 heterocycles. The Hall–Kier alpha value is -2.24. The predicted molar refractivity (Wildman–Crippen MR) is 89.1 cm³/mol. The number of hydrogen-bond donors (Lipinski definition) is 1. The van der Waals surface area contributed by atoms with Crippen LogP contribution in [0.4, 0.5) is 0 Å². The van der Waals surface area contributed by atoms with Gasteiger partial charge in [-0.2, -0.15) is 0 Å². The van der Waals surface area contributed by atoms with Gasteiger partial charge in [0.05, 0.1) is 6.61 Å². The third kappa shape index (κ3) is 5.76. The molecule has 0 spiro atoms. The van der Waals surface area contributed by atoms with Crippen molar-refractivity contribution in [2.75, 3.05) is 13.2 Å². The topological polar surface area (TPSA) is 73.9 Å². The first-order valence-electron chi connectivity index (χ1n) is 8.44. The zero-order valence-corrected chi connectivity index (χ0v) is 14.2. The van der Waals surface area contributed by atoms with Gasteiger partial charge in [0, 0.05) is 6.04 Å². The molecule has 0 bridgehead atoms. The second kappa shape index (κ2) is 9.15.